The number of anilines is 1. The number of thiazole rings is 1. The molecule has 128 valence electrons. The van der Waals surface area contributed by atoms with E-state index in [9.17, 15) is 14.9 Å². The highest BCUT2D eigenvalue weighted by molar-refractivity contribution is 7.17. The van der Waals surface area contributed by atoms with Crippen LogP contribution in [0.2, 0.25) is 0 Å². The summed E-state index contributed by atoms with van der Waals surface area (Å²) in [5.41, 5.74) is 1.68. The van der Waals surface area contributed by atoms with Crippen LogP contribution in [0.4, 0.5) is 11.4 Å². The average molecular weight is 375 g/mol. The van der Waals surface area contributed by atoms with E-state index in [1.807, 2.05) is 16.8 Å². The number of rotatable bonds is 5. The third-order valence-electron chi connectivity index (χ3n) is 3.41. The number of nitro benzene ring substituents is 1. The number of thiophene rings is 1. The van der Waals surface area contributed by atoms with Crippen LogP contribution in [0.3, 0.4) is 0 Å². The van der Waals surface area contributed by atoms with Gasteiger partial charge in [-0.15, -0.1) is 11.3 Å². The van der Waals surface area contributed by atoms with Crippen molar-refractivity contribution in [2.75, 3.05) is 12.4 Å². The molecular weight excluding hydrogens is 362 g/mol. The Kier molecular flexibility index (Phi) is 4.77. The second-order valence-electron chi connectivity index (χ2n) is 5.04. The number of aryl methyl sites for hydroxylation is 1. The molecule has 0 fully saturated rings. The maximum absolute atomic E-state index is 12.6. The number of nitrogens with zero attached hydrogens (tertiary/aromatic N) is 2. The van der Waals surface area contributed by atoms with E-state index in [4.69, 9.17) is 4.74 Å². The number of ether oxygens (including phenoxy) is 1. The molecule has 0 spiro atoms. The van der Waals surface area contributed by atoms with Crippen LogP contribution in [0, 0.1) is 17.0 Å². The topological polar surface area (TPSA) is 94.4 Å². The summed E-state index contributed by atoms with van der Waals surface area (Å²) in [6.45, 7) is 1.76. The molecule has 3 aromatic rings. The monoisotopic (exact) mass is 375 g/mol. The summed E-state index contributed by atoms with van der Waals surface area (Å²) in [4.78, 5) is 27.9. The van der Waals surface area contributed by atoms with Crippen LogP contribution in [0.15, 0.2) is 35.0 Å². The molecule has 0 aliphatic carbocycles. The number of nitro groups is 1. The highest BCUT2D eigenvalue weighted by Gasteiger charge is 2.19. The number of carbonyl (C=O) groups excluding carboxylic acids is 1. The minimum atomic E-state index is -0.526. The summed E-state index contributed by atoms with van der Waals surface area (Å²) >= 11 is 2.83. The highest BCUT2D eigenvalue weighted by Crippen LogP contribution is 2.32. The SMILES string of the molecule is COc1ccc([N+](=O)[O-])cc1NC(=O)c1sc(-c2ccsc2)nc1C. The molecule has 1 aromatic carbocycles. The third-order valence-corrected chi connectivity index (χ3v) is 5.30. The lowest BCUT2D eigenvalue weighted by atomic mass is 10.2. The van der Waals surface area contributed by atoms with Crippen molar-refractivity contribution >= 4 is 40.0 Å². The van der Waals surface area contributed by atoms with Gasteiger partial charge in [-0.1, -0.05) is 0 Å². The summed E-state index contributed by atoms with van der Waals surface area (Å²) in [5, 5.41) is 18.3. The van der Waals surface area contributed by atoms with E-state index in [0.29, 0.717) is 16.3 Å². The molecule has 0 saturated carbocycles. The molecular formula is C16H13N3O4S2. The molecule has 9 heteroatoms. The Morgan fingerprint density at radius 2 is 2.16 bits per heavy atom. The van der Waals surface area contributed by atoms with Crippen molar-refractivity contribution in [3.8, 4) is 16.3 Å². The first-order chi connectivity index (χ1) is 12.0. The molecule has 0 aliphatic rings. The number of hydrogen-bond donors (Lipinski definition) is 1. The van der Waals surface area contributed by atoms with Crippen LogP contribution in [0.1, 0.15) is 15.4 Å². The van der Waals surface area contributed by atoms with E-state index in [1.54, 1.807) is 18.3 Å². The minimum absolute atomic E-state index is 0.129. The van der Waals surface area contributed by atoms with E-state index in [-0.39, 0.29) is 17.3 Å². The summed E-state index contributed by atoms with van der Waals surface area (Å²) < 4.78 is 5.16. The number of amides is 1. The molecule has 0 radical (unpaired) electrons. The molecule has 0 saturated heterocycles. The Balaban J connectivity index is 1.90. The normalized spacial score (nSPS) is 10.5. The first-order valence-corrected chi connectivity index (χ1v) is 8.89. The van der Waals surface area contributed by atoms with Gasteiger partial charge in [0.2, 0.25) is 0 Å². The van der Waals surface area contributed by atoms with Crippen LogP contribution in [0.5, 0.6) is 5.75 Å². The standard InChI is InChI=1S/C16H13N3O4S2/c1-9-14(25-16(17-9)10-5-6-24-8-10)15(20)18-12-7-11(19(21)22)3-4-13(12)23-2/h3-8H,1-2H3,(H,18,20). The second-order valence-corrected chi connectivity index (χ2v) is 6.82. The van der Waals surface area contributed by atoms with Gasteiger partial charge in [0.15, 0.2) is 0 Å². The quantitative estimate of drug-likeness (QED) is 0.528. The van der Waals surface area contributed by atoms with Crippen molar-refractivity contribution < 1.29 is 14.5 Å². The van der Waals surface area contributed by atoms with Gasteiger partial charge in [-0.25, -0.2) is 4.98 Å². The van der Waals surface area contributed by atoms with Crippen LogP contribution in [-0.2, 0) is 0 Å². The van der Waals surface area contributed by atoms with Crippen molar-refractivity contribution in [3.05, 3.63) is 55.7 Å². The number of non-ortho nitro benzene ring substituents is 1. The highest BCUT2D eigenvalue weighted by atomic mass is 32.1. The molecule has 1 amide bonds. The van der Waals surface area contributed by atoms with Gasteiger partial charge < -0.3 is 10.1 Å². The van der Waals surface area contributed by atoms with Gasteiger partial charge >= 0.3 is 0 Å². The van der Waals surface area contributed by atoms with Crippen molar-refractivity contribution in [3.63, 3.8) is 0 Å². The Labute approximate surface area is 151 Å². The Bertz CT molecular complexity index is 935. The Morgan fingerprint density at radius 1 is 1.36 bits per heavy atom. The van der Waals surface area contributed by atoms with Crippen molar-refractivity contribution in [2.24, 2.45) is 0 Å². The molecule has 7 nitrogen and oxygen atoms in total. The molecule has 0 aliphatic heterocycles. The molecule has 0 atom stereocenters. The fourth-order valence-corrected chi connectivity index (χ4v) is 3.88. The Hall–Kier alpha value is -2.78. The lowest BCUT2D eigenvalue weighted by molar-refractivity contribution is -0.384. The molecule has 0 bridgehead atoms. The first-order valence-electron chi connectivity index (χ1n) is 7.13. The van der Waals surface area contributed by atoms with E-state index < -0.39 is 4.92 Å². The predicted molar refractivity (Wildman–Crippen MR) is 97.8 cm³/mol. The first kappa shape index (κ1) is 17.1. The summed E-state index contributed by atoms with van der Waals surface area (Å²) in [6, 6.07) is 5.98. The zero-order valence-electron chi connectivity index (χ0n) is 13.3. The van der Waals surface area contributed by atoms with E-state index in [1.165, 1.54) is 36.6 Å². The third kappa shape index (κ3) is 3.52. The molecule has 1 N–H and O–H groups in total. The average Bonchev–Trinajstić information content (AvgIpc) is 3.24. The number of nitrogens with one attached hydrogen (secondary N) is 1. The zero-order valence-corrected chi connectivity index (χ0v) is 14.9. The van der Waals surface area contributed by atoms with Gasteiger partial charge in [0.1, 0.15) is 15.6 Å². The number of aromatic nitrogens is 1. The number of hydrogen-bond acceptors (Lipinski definition) is 7. The summed E-state index contributed by atoms with van der Waals surface area (Å²) in [5.74, 6) is -0.0329. The van der Waals surface area contributed by atoms with E-state index >= 15 is 0 Å². The van der Waals surface area contributed by atoms with Gasteiger partial charge in [-0.05, 0) is 24.4 Å². The molecule has 0 unspecified atom stereocenters. The van der Waals surface area contributed by atoms with Crippen molar-refractivity contribution in [1.82, 2.24) is 4.98 Å². The van der Waals surface area contributed by atoms with Crippen LogP contribution >= 0.6 is 22.7 Å². The number of methoxy groups -OCH3 is 1. The Morgan fingerprint density at radius 3 is 2.80 bits per heavy atom. The van der Waals surface area contributed by atoms with Crippen molar-refractivity contribution in [2.45, 2.75) is 6.92 Å². The second kappa shape index (κ2) is 6.99. The van der Waals surface area contributed by atoms with Crippen LogP contribution in [0.25, 0.3) is 10.6 Å². The van der Waals surface area contributed by atoms with Gasteiger partial charge in [0, 0.05) is 23.1 Å². The van der Waals surface area contributed by atoms with Gasteiger partial charge in [-0.3, -0.25) is 14.9 Å². The zero-order chi connectivity index (χ0) is 18.0. The lowest BCUT2D eigenvalue weighted by Crippen LogP contribution is -2.12. The minimum Gasteiger partial charge on any atom is -0.495 e. The molecule has 25 heavy (non-hydrogen) atoms. The maximum atomic E-state index is 12.6. The number of benzene rings is 1. The maximum Gasteiger partial charge on any atom is 0.271 e. The van der Waals surface area contributed by atoms with Crippen molar-refractivity contribution in [1.29, 1.82) is 0 Å². The largest absolute Gasteiger partial charge is 0.495 e. The lowest BCUT2D eigenvalue weighted by Gasteiger charge is -2.09. The van der Waals surface area contributed by atoms with Gasteiger partial charge in [0.25, 0.3) is 11.6 Å². The van der Waals surface area contributed by atoms with E-state index in [2.05, 4.69) is 10.3 Å². The molecule has 2 aromatic heterocycles. The fourth-order valence-electron chi connectivity index (χ4n) is 2.20. The van der Waals surface area contributed by atoms with Crippen LogP contribution in [-0.4, -0.2) is 22.9 Å². The van der Waals surface area contributed by atoms with Gasteiger partial charge in [-0.2, -0.15) is 11.3 Å². The number of carbonyl (C=O) groups is 1. The molecule has 3 rings (SSSR count). The fraction of sp³-hybridized carbons (Fsp3) is 0.125. The van der Waals surface area contributed by atoms with E-state index in [0.717, 1.165) is 10.6 Å². The molecule has 2 heterocycles. The van der Waals surface area contributed by atoms with Gasteiger partial charge in [0.05, 0.1) is 23.4 Å². The smallest absolute Gasteiger partial charge is 0.271 e. The predicted octanol–water partition coefficient (Wildman–Crippen LogP) is 4.35. The summed E-state index contributed by atoms with van der Waals surface area (Å²) in [7, 11) is 1.43. The van der Waals surface area contributed by atoms with Crippen LogP contribution < -0.4 is 10.1 Å². The summed E-state index contributed by atoms with van der Waals surface area (Å²) in [6.07, 6.45) is 0.